The van der Waals surface area contributed by atoms with E-state index in [1.54, 1.807) is 0 Å². The SMILES string of the molecule is CCCNCC1CCCN1CC1CC1. The molecule has 2 heteroatoms. The molecular weight excluding hydrogens is 172 g/mol. The van der Waals surface area contributed by atoms with Gasteiger partial charge in [-0.2, -0.15) is 0 Å². The summed E-state index contributed by atoms with van der Waals surface area (Å²) in [4.78, 5) is 2.72. The first-order chi connectivity index (χ1) is 6.90. The summed E-state index contributed by atoms with van der Waals surface area (Å²) in [6.07, 6.45) is 7.08. The van der Waals surface area contributed by atoms with Crippen LogP contribution < -0.4 is 5.32 Å². The van der Waals surface area contributed by atoms with E-state index in [0.29, 0.717) is 0 Å². The van der Waals surface area contributed by atoms with Gasteiger partial charge in [-0.25, -0.2) is 0 Å². The Balaban J connectivity index is 1.66. The molecule has 1 aliphatic heterocycles. The fraction of sp³-hybridized carbons (Fsp3) is 1.00. The van der Waals surface area contributed by atoms with Gasteiger partial charge in [0.2, 0.25) is 0 Å². The molecule has 1 aliphatic carbocycles. The van der Waals surface area contributed by atoms with E-state index in [2.05, 4.69) is 17.1 Å². The maximum absolute atomic E-state index is 3.56. The standard InChI is InChI=1S/C12H24N2/c1-2-7-13-9-12-4-3-8-14(12)10-11-5-6-11/h11-13H,2-10H2,1H3. The Labute approximate surface area is 88.1 Å². The summed E-state index contributed by atoms with van der Waals surface area (Å²) in [5, 5.41) is 3.56. The Morgan fingerprint density at radius 3 is 2.86 bits per heavy atom. The molecule has 0 amide bonds. The number of hydrogen-bond acceptors (Lipinski definition) is 2. The van der Waals surface area contributed by atoms with Crippen LogP contribution in [0.25, 0.3) is 0 Å². The molecule has 1 unspecified atom stereocenters. The summed E-state index contributed by atoms with van der Waals surface area (Å²) in [7, 11) is 0. The van der Waals surface area contributed by atoms with E-state index in [9.17, 15) is 0 Å². The van der Waals surface area contributed by atoms with Crippen molar-refractivity contribution in [2.75, 3.05) is 26.2 Å². The average molecular weight is 196 g/mol. The molecule has 1 heterocycles. The molecule has 2 nitrogen and oxygen atoms in total. The van der Waals surface area contributed by atoms with Gasteiger partial charge in [-0.1, -0.05) is 6.92 Å². The second-order valence-electron chi connectivity index (χ2n) is 4.94. The van der Waals surface area contributed by atoms with E-state index in [0.717, 1.165) is 12.0 Å². The third kappa shape index (κ3) is 2.96. The second-order valence-corrected chi connectivity index (χ2v) is 4.94. The fourth-order valence-corrected chi connectivity index (χ4v) is 2.44. The predicted molar refractivity (Wildman–Crippen MR) is 60.5 cm³/mol. The van der Waals surface area contributed by atoms with E-state index in [-0.39, 0.29) is 0 Å². The van der Waals surface area contributed by atoms with Crippen LogP contribution in [0, 0.1) is 5.92 Å². The highest BCUT2D eigenvalue weighted by molar-refractivity contribution is 4.86. The molecule has 0 bridgehead atoms. The predicted octanol–water partition coefficient (Wildman–Crippen LogP) is 1.86. The van der Waals surface area contributed by atoms with Crippen molar-refractivity contribution in [1.29, 1.82) is 0 Å². The van der Waals surface area contributed by atoms with Gasteiger partial charge >= 0.3 is 0 Å². The minimum atomic E-state index is 0.849. The summed E-state index contributed by atoms with van der Waals surface area (Å²) in [5.41, 5.74) is 0. The summed E-state index contributed by atoms with van der Waals surface area (Å²) < 4.78 is 0. The molecule has 14 heavy (non-hydrogen) atoms. The molecule has 0 spiro atoms. The summed E-state index contributed by atoms with van der Waals surface area (Å²) in [5.74, 6) is 1.06. The molecule has 82 valence electrons. The maximum Gasteiger partial charge on any atom is 0.0221 e. The van der Waals surface area contributed by atoms with Gasteiger partial charge in [-0.3, -0.25) is 4.90 Å². The smallest absolute Gasteiger partial charge is 0.0221 e. The molecule has 1 saturated carbocycles. The van der Waals surface area contributed by atoms with Crippen LogP contribution in [0.1, 0.15) is 39.0 Å². The van der Waals surface area contributed by atoms with Gasteiger partial charge in [0.25, 0.3) is 0 Å². The van der Waals surface area contributed by atoms with Crippen molar-refractivity contribution in [3.63, 3.8) is 0 Å². The lowest BCUT2D eigenvalue weighted by Gasteiger charge is -2.24. The van der Waals surface area contributed by atoms with Crippen molar-refractivity contribution in [2.24, 2.45) is 5.92 Å². The van der Waals surface area contributed by atoms with Crippen LogP contribution in [-0.2, 0) is 0 Å². The number of nitrogens with one attached hydrogen (secondary N) is 1. The van der Waals surface area contributed by atoms with E-state index in [1.165, 1.54) is 58.3 Å². The number of rotatable bonds is 6. The Hall–Kier alpha value is -0.0800. The van der Waals surface area contributed by atoms with Crippen LogP contribution in [0.3, 0.4) is 0 Å². The van der Waals surface area contributed by atoms with Crippen LogP contribution in [0.4, 0.5) is 0 Å². The number of likely N-dealkylation sites (tertiary alicyclic amines) is 1. The molecule has 1 atom stereocenters. The lowest BCUT2D eigenvalue weighted by atomic mass is 10.2. The molecule has 0 aromatic carbocycles. The van der Waals surface area contributed by atoms with Gasteiger partial charge in [0.1, 0.15) is 0 Å². The Kier molecular flexibility index (Phi) is 3.82. The minimum absolute atomic E-state index is 0.849. The van der Waals surface area contributed by atoms with Crippen LogP contribution in [0.2, 0.25) is 0 Å². The first-order valence-corrected chi connectivity index (χ1v) is 6.35. The van der Waals surface area contributed by atoms with Gasteiger partial charge in [-0.15, -0.1) is 0 Å². The zero-order valence-electron chi connectivity index (χ0n) is 9.47. The molecule has 2 rings (SSSR count). The Bertz CT molecular complexity index is 166. The highest BCUT2D eigenvalue weighted by atomic mass is 15.2. The lowest BCUT2D eigenvalue weighted by molar-refractivity contribution is 0.238. The highest BCUT2D eigenvalue weighted by Crippen LogP contribution is 2.32. The number of hydrogen-bond donors (Lipinski definition) is 1. The molecule has 1 saturated heterocycles. The third-order valence-corrected chi connectivity index (χ3v) is 3.50. The van der Waals surface area contributed by atoms with Crippen LogP contribution in [-0.4, -0.2) is 37.1 Å². The zero-order chi connectivity index (χ0) is 9.80. The summed E-state index contributed by atoms with van der Waals surface area (Å²) in [6, 6.07) is 0.849. The van der Waals surface area contributed by atoms with Gasteiger partial charge in [-0.05, 0) is 51.1 Å². The van der Waals surface area contributed by atoms with E-state index in [4.69, 9.17) is 0 Å². The van der Waals surface area contributed by atoms with Gasteiger partial charge < -0.3 is 5.32 Å². The van der Waals surface area contributed by atoms with E-state index in [1.807, 2.05) is 0 Å². The molecule has 0 radical (unpaired) electrons. The largest absolute Gasteiger partial charge is 0.315 e. The molecular formula is C12H24N2. The molecule has 2 fully saturated rings. The average Bonchev–Trinajstić information content (AvgIpc) is 2.88. The molecule has 0 aromatic rings. The normalized spacial score (nSPS) is 28.5. The van der Waals surface area contributed by atoms with Crippen molar-refractivity contribution < 1.29 is 0 Å². The fourth-order valence-electron chi connectivity index (χ4n) is 2.44. The summed E-state index contributed by atoms with van der Waals surface area (Å²) in [6.45, 7) is 7.39. The molecule has 2 aliphatic rings. The monoisotopic (exact) mass is 196 g/mol. The highest BCUT2D eigenvalue weighted by Gasteiger charge is 2.30. The van der Waals surface area contributed by atoms with Crippen LogP contribution in [0.15, 0.2) is 0 Å². The minimum Gasteiger partial charge on any atom is -0.315 e. The maximum atomic E-state index is 3.56. The van der Waals surface area contributed by atoms with Gasteiger partial charge in [0.15, 0.2) is 0 Å². The van der Waals surface area contributed by atoms with Crippen molar-refractivity contribution in [3.05, 3.63) is 0 Å². The first kappa shape index (κ1) is 10.4. The zero-order valence-corrected chi connectivity index (χ0v) is 9.47. The van der Waals surface area contributed by atoms with E-state index < -0.39 is 0 Å². The quantitative estimate of drug-likeness (QED) is 0.652. The van der Waals surface area contributed by atoms with E-state index >= 15 is 0 Å². The van der Waals surface area contributed by atoms with Crippen molar-refractivity contribution in [3.8, 4) is 0 Å². The molecule has 0 aromatic heterocycles. The molecule has 1 N–H and O–H groups in total. The lowest BCUT2D eigenvalue weighted by Crippen LogP contribution is -2.39. The Morgan fingerprint density at radius 1 is 1.29 bits per heavy atom. The van der Waals surface area contributed by atoms with Gasteiger partial charge in [0, 0.05) is 19.1 Å². The third-order valence-electron chi connectivity index (χ3n) is 3.50. The van der Waals surface area contributed by atoms with Crippen LogP contribution >= 0.6 is 0 Å². The Morgan fingerprint density at radius 2 is 2.14 bits per heavy atom. The van der Waals surface area contributed by atoms with Crippen molar-refractivity contribution >= 4 is 0 Å². The number of nitrogens with zero attached hydrogens (tertiary/aromatic N) is 1. The van der Waals surface area contributed by atoms with Crippen molar-refractivity contribution in [2.45, 2.75) is 45.1 Å². The summed E-state index contributed by atoms with van der Waals surface area (Å²) >= 11 is 0. The van der Waals surface area contributed by atoms with Crippen LogP contribution in [0.5, 0.6) is 0 Å². The van der Waals surface area contributed by atoms with Gasteiger partial charge in [0.05, 0.1) is 0 Å². The van der Waals surface area contributed by atoms with Crippen molar-refractivity contribution in [1.82, 2.24) is 10.2 Å². The second kappa shape index (κ2) is 5.13. The topological polar surface area (TPSA) is 15.3 Å². The first-order valence-electron chi connectivity index (χ1n) is 6.35.